The van der Waals surface area contributed by atoms with Crippen LogP contribution >= 0.6 is 0 Å². The lowest BCUT2D eigenvalue weighted by atomic mass is 10.2. The first-order chi connectivity index (χ1) is 9.50. The highest BCUT2D eigenvalue weighted by Crippen LogP contribution is 2.28. The Morgan fingerprint density at radius 3 is 2.55 bits per heavy atom. The summed E-state index contributed by atoms with van der Waals surface area (Å²) in [5.41, 5.74) is 1.18. The molecule has 0 amide bonds. The monoisotopic (exact) mass is 288 g/mol. The van der Waals surface area contributed by atoms with Crippen LogP contribution in [0.4, 0.5) is 0 Å². The van der Waals surface area contributed by atoms with E-state index in [4.69, 9.17) is 0 Å². The molecule has 0 aliphatic carbocycles. The van der Waals surface area contributed by atoms with Gasteiger partial charge in [0.1, 0.15) is 0 Å². The Balaban J connectivity index is 2.29. The zero-order valence-corrected chi connectivity index (χ0v) is 11.5. The second kappa shape index (κ2) is 4.35. The molecule has 3 aromatic rings. The van der Waals surface area contributed by atoms with Gasteiger partial charge in [0.15, 0.2) is 5.65 Å². The van der Waals surface area contributed by atoms with E-state index in [0.29, 0.717) is 5.39 Å². The zero-order valence-electron chi connectivity index (χ0n) is 10.7. The Labute approximate surface area is 116 Å². The maximum Gasteiger partial charge on any atom is 0.272 e. The lowest BCUT2D eigenvalue weighted by molar-refractivity contribution is 0.447. The Morgan fingerprint density at radius 1 is 1.15 bits per heavy atom. The van der Waals surface area contributed by atoms with Gasteiger partial charge in [0.05, 0.1) is 4.90 Å². The first-order valence-corrected chi connectivity index (χ1v) is 7.42. The van der Waals surface area contributed by atoms with Gasteiger partial charge in [-0.25, -0.2) is 13.4 Å². The number of benzene rings is 1. The van der Waals surface area contributed by atoms with E-state index in [0.717, 1.165) is 9.54 Å². The molecule has 0 atom stereocenters. The van der Waals surface area contributed by atoms with E-state index in [1.165, 1.54) is 24.4 Å². The molecule has 0 aliphatic rings. The van der Waals surface area contributed by atoms with E-state index in [1.54, 1.807) is 24.3 Å². The smallest absolute Gasteiger partial charge is 0.272 e. The molecular weight excluding hydrogens is 276 g/mol. The first kappa shape index (κ1) is 12.7. The average Bonchev–Trinajstić information content (AvgIpc) is 2.75. The summed E-state index contributed by atoms with van der Waals surface area (Å²) in [4.78, 5) is 4.15. The van der Waals surface area contributed by atoms with Gasteiger partial charge in [0.25, 0.3) is 10.0 Å². The number of pyridine rings is 1. The van der Waals surface area contributed by atoms with Crippen molar-refractivity contribution in [2.24, 2.45) is 0 Å². The van der Waals surface area contributed by atoms with Gasteiger partial charge in [-0.2, -0.15) is 3.97 Å². The highest BCUT2D eigenvalue weighted by molar-refractivity contribution is 7.90. The molecule has 5 nitrogen and oxygen atoms in total. The van der Waals surface area contributed by atoms with E-state index in [1.807, 2.05) is 6.92 Å². The van der Waals surface area contributed by atoms with Crippen LogP contribution < -0.4 is 0 Å². The molecular formula is C14H12N2O3S. The van der Waals surface area contributed by atoms with E-state index in [9.17, 15) is 13.5 Å². The summed E-state index contributed by atoms with van der Waals surface area (Å²) in [5.74, 6) is -0.348. The van der Waals surface area contributed by atoms with Gasteiger partial charge in [-0.05, 0) is 31.2 Å². The van der Waals surface area contributed by atoms with Crippen LogP contribution in [0.3, 0.4) is 0 Å². The predicted molar refractivity (Wildman–Crippen MR) is 75.2 cm³/mol. The molecule has 0 saturated heterocycles. The maximum atomic E-state index is 12.6. The van der Waals surface area contributed by atoms with Crippen molar-refractivity contribution in [3.8, 4) is 5.88 Å². The predicted octanol–water partition coefficient (Wildman–Crippen LogP) is 2.29. The van der Waals surface area contributed by atoms with Crippen LogP contribution in [0.2, 0.25) is 0 Å². The van der Waals surface area contributed by atoms with Gasteiger partial charge in [0, 0.05) is 17.6 Å². The molecule has 20 heavy (non-hydrogen) atoms. The minimum absolute atomic E-state index is 0.113. The Morgan fingerprint density at radius 2 is 1.85 bits per heavy atom. The number of aromatic hydroxyl groups is 1. The van der Waals surface area contributed by atoms with Gasteiger partial charge in [-0.3, -0.25) is 0 Å². The number of nitrogens with zero attached hydrogens (tertiary/aromatic N) is 2. The normalized spacial score (nSPS) is 11.8. The van der Waals surface area contributed by atoms with Crippen LogP contribution in [0.5, 0.6) is 5.88 Å². The highest BCUT2D eigenvalue weighted by Gasteiger charge is 2.23. The Hall–Kier alpha value is -2.34. The van der Waals surface area contributed by atoms with Gasteiger partial charge in [-0.1, -0.05) is 17.7 Å². The van der Waals surface area contributed by atoms with Crippen molar-refractivity contribution in [2.75, 3.05) is 0 Å². The zero-order chi connectivity index (χ0) is 14.3. The van der Waals surface area contributed by atoms with Crippen LogP contribution in [-0.2, 0) is 10.0 Å². The lowest BCUT2D eigenvalue weighted by Gasteiger charge is -2.08. The molecule has 3 rings (SSSR count). The van der Waals surface area contributed by atoms with E-state index < -0.39 is 10.0 Å². The summed E-state index contributed by atoms with van der Waals surface area (Å²) in [6.07, 6.45) is 1.49. The third kappa shape index (κ3) is 1.85. The van der Waals surface area contributed by atoms with Crippen molar-refractivity contribution in [2.45, 2.75) is 11.8 Å². The molecule has 0 spiro atoms. The maximum absolute atomic E-state index is 12.6. The Kier molecular flexibility index (Phi) is 2.76. The van der Waals surface area contributed by atoms with Crippen LogP contribution in [0, 0.1) is 6.92 Å². The third-order valence-corrected chi connectivity index (χ3v) is 4.77. The number of hydrogen-bond donors (Lipinski definition) is 1. The van der Waals surface area contributed by atoms with E-state index in [2.05, 4.69) is 4.98 Å². The molecule has 0 radical (unpaired) electrons. The van der Waals surface area contributed by atoms with Crippen LogP contribution in [0.15, 0.2) is 53.6 Å². The number of rotatable bonds is 2. The summed E-state index contributed by atoms with van der Waals surface area (Å²) in [6.45, 7) is 1.88. The van der Waals surface area contributed by atoms with Crippen molar-refractivity contribution < 1.29 is 13.5 Å². The minimum atomic E-state index is -3.87. The third-order valence-electron chi connectivity index (χ3n) is 3.06. The fraction of sp³-hybridized carbons (Fsp3) is 0.0714. The molecule has 0 fully saturated rings. The fourth-order valence-corrected chi connectivity index (χ4v) is 3.42. The van der Waals surface area contributed by atoms with Gasteiger partial charge >= 0.3 is 0 Å². The van der Waals surface area contributed by atoms with Crippen molar-refractivity contribution in [1.82, 2.24) is 8.96 Å². The van der Waals surface area contributed by atoms with Crippen molar-refractivity contribution >= 4 is 21.1 Å². The largest absolute Gasteiger partial charge is 0.494 e. The molecule has 102 valence electrons. The molecule has 0 bridgehead atoms. The van der Waals surface area contributed by atoms with E-state index in [-0.39, 0.29) is 16.4 Å². The van der Waals surface area contributed by atoms with Crippen LogP contribution in [0.1, 0.15) is 5.56 Å². The van der Waals surface area contributed by atoms with Crippen molar-refractivity contribution in [3.63, 3.8) is 0 Å². The summed E-state index contributed by atoms with van der Waals surface area (Å²) in [6, 6.07) is 11.2. The molecule has 2 aromatic heterocycles. The van der Waals surface area contributed by atoms with Gasteiger partial charge in [0.2, 0.25) is 5.88 Å². The summed E-state index contributed by atoms with van der Waals surface area (Å²) < 4.78 is 26.1. The average molecular weight is 288 g/mol. The number of fused-ring (bicyclic) bond motifs is 1. The summed E-state index contributed by atoms with van der Waals surface area (Å²) >= 11 is 0. The number of aromatic nitrogens is 2. The number of hydrogen-bond acceptors (Lipinski definition) is 4. The van der Waals surface area contributed by atoms with Crippen LogP contribution in [-0.4, -0.2) is 22.5 Å². The molecule has 0 unspecified atom stereocenters. The minimum Gasteiger partial charge on any atom is -0.494 e. The highest BCUT2D eigenvalue weighted by atomic mass is 32.2. The molecule has 2 heterocycles. The fourth-order valence-electron chi connectivity index (χ4n) is 2.05. The second-order valence-electron chi connectivity index (χ2n) is 4.50. The molecule has 0 aliphatic heterocycles. The Bertz CT molecular complexity index is 880. The second-order valence-corrected chi connectivity index (χ2v) is 6.29. The topological polar surface area (TPSA) is 72.2 Å². The van der Waals surface area contributed by atoms with Gasteiger partial charge < -0.3 is 5.11 Å². The molecule has 1 aromatic carbocycles. The molecule has 6 heteroatoms. The van der Waals surface area contributed by atoms with Crippen LogP contribution in [0.25, 0.3) is 11.0 Å². The molecule has 0 saturated carbocycles. The standard InChI is InChI=1S/C14H12N2O3S/c1-10-4-6-12(7-5-10)20(18,19)16-13(17)9-11-3-2-8-15-14(11)16/h2-9,17H,1H3. The lowest BCUT2D eigenvalue weighted by Crippen LogP contribution is -2.12. The van der Waals surface area contributed by atoms with Crippen molar-refractivity contribution in [3.05, 3.63) is 54.2 Å². The van der Waals surface area contributed by atoms with Crippen molar-refractivity contribution in [1.29, 1.82) is 0 Å². The molecule has 1 N–H and O–H groups in total. The quantitative estimate of drug-likeness (QED) is 0.785. The SMILES string of the molecule is Cc1ccc(S(=O)(=O)n2c(O)cc3cccnc32)cc1. The number of aryl methyl sites for hydroxylation is 1. The summed E-state index contributed by atoms with van der Waals surface area (Å²) in [7, 11) is -3.87. The summed E-state index contributed by atoms with van der Waals surface area (Å²) in [5, 5.41) is 10.5. The first-order valence-electron chi connectivity index (χ1n) is 5.98. The van der Waals surface area contributed by atoms with Gasteiger partial charge in [-0.15, -0.1) is 0 Å². The van der Waals surface area contributed by atoms with E-state index >= 15 is 0 Å².